The Morgan fingerprint density at radius 3 is 2.81 bits per heavy atom. The molecule has 1 saturated carbocycles. The number of nitrogens with one attached hydrogen (secondary N) is 1. The minimum Gasteiger partial charge on any atom is -0.388 e. The molecule has 1 aromatic carbocycles. The Kier molecular flexibility index (Phi) is 4.51. The van der Waals surface area contributed by atoms with Crippen LogP contribution >= 0.6 is 0 Å². The van der Waals surface area contributed by atoms with Crippen molar-refractivity contribution in [2.45, 2.75) is 57.1 Å². The molecule has 1 fully saturated rings. The van der Waals surface area contributed by atoms with E-state index in [2.05, 4.69) is 41.4 Å². The van der Waals surface area contributed by atoms with Gasteiger partial charge in [-0.25, -0.2) is 0 Å². The largest absolute Gasteiger partial charge is 0.388 e. The van der Waals surface area contributed by atoms with E-state index in [1.165, 1.54) is 30.5 Å². The van der Waals surface area contributed by atoms with Gasteiger partial charge in [0, 0.05) is 24.8 Å². The second kappa shape index (κ2) is 6.37. The quantitative estimate of drug-likeness (QED) is 0.873. The van der Waals surface area contributed by atoms with E-state index in [4.69, 9.17) is 0 Å². The summed E-state index contributed by atoms with van der Waals surface area (Å²) in [7, 11) is 0. The Bertz CT molecular complexity index is 468. The van der Waals surface area contributed by atoms with Crippen molar-refractivity contribution < 1.29 is 5.11 Å². The zero-order chi connectivity index (χ0) is 14.7. The van der Waals surface area contributed by atoms with Crippen LogP contribution in [0, 0.1) is 0 Å². The lowest BCUT2D eigenvalue weighted by Crippen LogP contribution is -2.45. The van der Waals surface area contributed by atoms with Crippen LogP contribution < -0.4 is 10.2 Å². The van der Waals surface area contributed by atoms with Crippen LogP contribution in [0.1, 0.15) is 57.1 Å². The minimum atomic E-state index is -0.462. The molecule has 0 spiro atoms. The standard InChI is InChI=1S/C18H28N2O/c1-2-12-19-16-9-13-20(14-18(21)10-5-6-11-18)17-8-4-3-7-15(16)17/h3-4,7-8,16,19,21H,2,5-6,9-14H2,1H3. The lowest BCUT2D eigenvalue weighted by atomic mass is 9.93. The average molecular weight is 288 g/mol. The van der Waals surface area contributed by atoms with Crippen molar-refractivity contribution in [1.82, 2.24) is 5.32 Å². The average Bonchev–Trinajstić information content (AvgIpc) is 2.93. The van der Waals surface area contributed by atoms with Gasteiger partial charge in [0.15, 0.2) is 0 Å². The second-order valence-electron chi connectivity index (χ2n) is 6.71. The molecule has 0 amide bonds. The van der Waals surface area contributed by atoms with Crippen molar-refractivity contribution in [1.29, 1.82) is 0 Å². The van der Waals surface area contributed by atoms with Gasteiger partial charge in [-0.3, -0.25) is 0 Å². The lowest BCUT2D eigenvalue weighted by Gasteiger charge is -2.39. The number of benzene rings is 1. The molecule has 1 heterocycles. The summed E-state index contributed by atoms with van der Waals surface area (Å²) >= 11 is 0. The molecule has 0 radical (unpaired) electrons. The van der Waals surface area contributed by atoms with Gasteiger partial charge in [-0.1, -0.05) is 38.0 Å². The van der Waals surface area contributed by atoms with E-state index in [1.54, 1.807) is 0 Å². The highest BCUT2D eigenvalue weighted by atomic mass is 16.3. The number of aliphatic hydroxyl groups is 1. The SMILES string of the molecule is CCCNC1CCN(CC2(O)CCCC2)c2ccccc21. The predicted molar refractivity (Wildman–Crippen MR) is 87.7 cm³/mol. The third kappa shape index (κ3) is 3.24. The highest BCUT2D eigenvalue weighted by Crippen LogP contribution is 2.37. The molecule has 3 rings (SSSR count). The van der Waals surface area contributed by atoms with Crippen LogP contribution in [0.5, 0.6) is 0 Å². The summed E-state index contributed by atoms with van der Waals surface area (Å²) < 4.78 is 0. The summed E-state index contributed by atoms with van der Waals surface area (Å²) in [6, 6.07) is 9.18. The van der Waals surface area contributed by atoms with E-state index in [1.807, 2.05) is 0 Å². The normalized spacial score (nSPS) is 24.1. The van der Waals surface area contributed by atoms with E-state index in [9.17, 15) is 5.11 Å². The number of hydrogen-bond donors (Lipinski definition) is 2. The fourth-order valence-corrected chi connectivity index (χ4v) is 3.87. The first-order valence-corrected chi connectivity index (χ1v) is 8.51. The molecule has 1 aromatic rings. The molecule has 0 bridgehead atoms. The van der Waals surface area contributed by atoms with Gasteiger partial charge in [0.25, 0.3) is 0 Å². The smallest absolute Gasteiger partial charge is 0.0821 e. The third-order valence-electron chi connectivity index (χ3n) is 5.00. The maximum atomic E-state index is 10.7. The van der Waals surface area contributed by atoms with Crippen LogP contribution in [-0.4, -0.2) is 30.3 Å². The molecule has 116 valence electrons. The number of hydrogen-bond acceptors (Lipinski definition) is 3. The Hall–Kier alpha value is -1.06. The van der Waals surface area contributed by atoms with Crippen molar-refractivity contribution in [3.8, 4) is 0 Å². The number of anilines is 1. The van der Waals surface area contributed by atoms with E-state index in [0.717, 1.165) is 38.9 Å². The molecule has 1 aliphatic heterocycles. The molecule has 1 atom stereocenters. The Labute approximate surface area is 128 Å². The van der Waals surface area contributed by atoms with Crippen LogP contribution in [0.15, 0.2) is 24.3 Å². The molecule has 2 N–H and O–H groups in total. The number of nitrogens with zero attached hydrogens (tertiary/aromatic N) is 1. The number of β-amino-alcohol motifs (C(OH)–C–C–N with tert-alkyl or cyclic N) is 1. The van der Waals surface area contributed by atoms with E-state index in [-0.39, 0.29) is 0 Å². The van der Waals surface area contributed by atoms with Gasteiger partial charge in [-0.15, -0.1) is 0 Å². The molecule has 0 saturated heterocycles. The molecule has 1 aliphatic carbocycles. The molecule has 0 aromatic heterocycles. The van der Waals surface area contributed by atoms with Crippen LogP contribution in [0.4, 0.5) is 5.69 Å². The van der Waals surface area contributed by atoms with E-state index >= 15 is 0 Å². The summed E-state index contributed by atoms with van der Waals surface area (Å²) in [6.45, 7) is 5.12. The second-order valence-corrected chi connectivity index (χ2v) is 6.71. The zero-order valence-corrected chi connectivity index (χ0v) is 13.1. The van der Waals surface area contributed by atoms with Gasteiger partial charge in [0.05, 0.1) is 5.60 Å². The van der Waals surface area contributed by atoms with Crippen molar-refractivity contribution in [2.75, 3.05) is 24.5 Å². The van der Waals surface area contributed by atoms with Gasteiger partial charge < -0.3 is 15.3 Å². The number of rotatable bonds is 5. The maximum absolute atomic E-state index is 10.7. The molecule has 3 nitrogen and oxygen atoms in total. The number of fused-ring (bicyclic) bond motifs is 1. The fraction of sp³-hybridized carbons (Fsp3) is 0.667. The Morgan fingerprint density at radius 2 is 2.05 bits per heavy atom. The summed E-state index contributed by atoms with van der Waals surface area (Å²) in [6.07, 6.45) is 6.57. The van der Waals surface area contributed by atoms with Gasteiger partial charge >= 0.3 is 0 Å². The minimum absolute atomic E-state index is 0.462. The molecule has 1 unspecified atom stereocenters. The van der Waals surface area contributed by atoms with Gasteiger partial charge in [0.1, 0.15) is 0 Å². The van der Waals surface area contributed by atoms with Crippen LogP contribution in [0.2, 0.25) is 0 Å². The van der Waals surface area contributed by atoms with Crippen molar-refractivity contribution in [3.05, 3.63) is 29.8 Å². The third-order valence-corrected chi connectivity index (χ3v) is 5.00. The van der Waals surface area contributed by atoms with Crippen LogP contribution in [0.3, 0.4) is 0 Å². The maximum Gasteiger partial charge on any atom is 0.0821 e. The molecule has 2 aliphatic rings. The summed E-state index contributed by atoms with van der Waals surface area (Å²) in [5.41, 5.74) is 2.26. The monoisotopic (exact) mass is 288 g/mol. The predicted octanol–water partition coefficient (Wildman–Crippen LogP) is 3.24. The van der Waals surface area contributed by atoms with Crippen molar-refractivity contribution in [2.24, 2.45) is 0 Å². The first kappa shape index (κ1) is 14.9. The van der Waals surface area contributed by atoms with Gasteiger partial charge in [0.2, 0.25) is 0 Å². The molecular weight excluding hydrogens is 260 g/mol. The molecule has 3 heteroatoms. The topological polar surface area (TPSA) is 35.5 Å². The summed E-state index contributed by atoms with van der Waals surface area (Å²) in [5, 5.41) is 14.4. The first-order valence-electron chi connectivity index (χ1n) is 8.51. The summed E-state index contributed by atoms with van der Waals surface area (Å²) in [4.78, 5) is 2.41. The van der Waals surface area contributed by atoms with E-state index in [0.29, 0.717) is 6.04 Å². The van der Waals surface area contributed by atoms with Crippen LogP contribution in [-0.2, 0) is 0 Å². The number of para-hydroxylation sites is 1. The van der Waals surface area contributed by atoms with Crippen molar-refractivity contribution in [3.63, 3.8) is 0 Å². The van der Waals surface area contributed by atoms with Crippen molar-refractivity contribution >= 4 is 5.69 Å². The highest BCUT2D eigenvalue weighted by Gasteiger charge is 2.35. The zero-order valence-electron chi connectivity index (χ0n) is 13.1. The molecule has 21 heavy (non-hydrogen) atoms. The van der Waals surface area contributed by atoms with Gasteiger partial charge in [-0.2, -0.15) is 0 Å². The fourth-order valence-electron chi connectivity index (χ4n) is 3.87. The Balaban J connectivity index is 1.77. The van der Waals surface area contributed by atoms with E-state index < -0.39 is 5.60 Å². The Morgan fingerprint density at radius 1 is 1.29 bits per heavy atom. The molecular formula is C18H28N2O. The summed E-state index contributed by atoms with van der Waals surface area (Å²) in [5.74, 6) is 0. The van der Waals surface area contributed by atoms with Crippen LogP contribution in [0.25, 0.3) is 0 Å². The van der Waals surface area contributed by atoms with Gasteiger partial charge in [-0.05, 0) is 43.9 Å². The lowest BCUT2D eigenvalue weighted by molar-refractivity contribution is 0.0542. The first-order chi connectivity index (χ1) is 10.2. The highest BCUT2D eigenvalue weighted by molar-refractivity contribution is 5.57.